The highest BCUT2D eigenvalue weighted by molar-refractivity contribution is 7.90. The van der Waals surface area contributed by atoms with Crippen LogP contribution in [0.4, 0.5) is 10.5 Å². The second-order valence-corrected chi connectivity index (χ2v) is 4.61. The molecule has 0 saturated heterocycles. The molecule has 0 spiro atoms. The van der Waals surface area contributed by atoms with Gasteiger partial charge >= 0.3 is 16.2 Å². The Labute approximate surface area is 93.2 Å². The van der Waals surface area contributed by atoms with Gasteiger partial charge in [-0.1, -0.05) is 0 Å². The molecular formula is C7H13N5O3S. The fourth-order valence-electron chi connectivity index (χ4n) is 1.12. The van der Waals surface area contributed by atoms with Crippen molar-refractivity contribution >= 4 is 21.9 Å². The number of nitrogens with one attached hydrogen (secondary N) is 1. The molecule has 1 rings (SSSR count). The van der Waals surface area contributed by atoms with Gasteiger partial charge in [0.2, 0.25) is 0 Å². The topological polar surface area (TPSA) is 110 Å². The Morgan fingerprint density at radius 3 is 2.69 bits per heavy atom. The van der Waals surface area contributed by atoms with Crippen LogP contribution in [-0.4, -0.2) is 35.1 Å². The first-order valence-corrected chi connectivity index (χ1v) is 5.89. The molecule has 0 aromatic carbocycles. The Morgan fingerprint density at radius 2 is 2.31 bits per heavy atom. The summed E-state index contributed by atoms with van der Waals surface area (Å²) in [6, 6.07) is -1.03. The zero-order chi connectivity index (χ0) is 12.3. The SMILES string of the molecule is CCN(C(N)=O)S(=O)(=O)Nc1cnn(C)c1. The molecule has 2 amide bonds. The molecule has 0 atom stereocenters. The fraction of sp³-hybridized carbons (Fsp3) is 0.429. The quantitative estimate of drug-likeness (QED) is 0.745. The zero-order valence-electron chi connectivity index (χ0n) is 8.91. The number of anilines is 1. The number of amides is 2. The van der Waals surface area contributed by atoms with E-state index >= 15 is 0 Å². The fourth-order valence-corrected chi connectivity index (χ4v) is 2.21. The molecule has 0 aliphatic carbocycles. The molecule has 0 saturated carbocycles. The first kappa shape index (κ1) is 12.3. The molecule has 1 aromatic heterocycles. The lowest BCUT2D eigenvalue weighted by molar-refractivity contribution is 0.233. The van der Waals surface area contributed by atoms with Crippen molar-refractivity contribution < 1.29 is 13.2 Å². The van der Waals surface area contributed by atoms with Crippen molar-refractivity contribution in [2.24, 2.45) is 12.8 Å². The maximum atomic E-state index is 11.7. The first-order valence-electron chi connectivity index (χ1n) is 4.45. The smallest absolute Gasteiger partial charge is 0.329 e. The molecule has 0 unspecified atom stereocenters. The Kier molecular flexibility index (Phi) is 3.38. The molecule has 0 aliphatic rings. The number of carbonyl (C=O) groups excluding carboxylic acids is 1. The monoisotopic (exact) mass is 247 g/mol. The number of urea groups is 1. The highest BCUT2D eigenvalue weighted by Gasteiger charge is 2.23. The van der Waals surface area contributed by atoms with Gasteiger partial charge in [-0.05, 0) is 6.92 Å². The van der Waals surface area contributed by atoms with E-state index in [2.05, 4.69) is 9.82 Å². The largest absolute Gasteiger partial charge is 0.351 e. The maximum Gasteiger partial charge on any atom is 0.329 e. The number of carbonyl (C=O) groups is 1. The van der Waals surface area contributed by atoms with Gasteiger partial charge in [0.15, 0.2) is 0 Å². The minimum Gasteiger partial charge on any atom is -0.351 e. The molecule has 3 N–H and O–H groups in total. The summed E-state index contributed by atoms with van der Waals surface area (Å²) in [5, 5.41) is 3.79. The van der Waals surface area contributed by atoms with Crippen LogP contribution in [0.3, 0.4) is 0 Å². The van der Waals surface area contributed by atoms with E-state index in [0.29, 0.717) is 4.31 Å². The van der Waals surface area contributed by atoms with Crippen molar-refractivity contribution in [2.45, 2.75) is 6.92 Å². The van der Waals surface area contributed by atoms with Gasteiger partial charge in [0, 0.05) is 19.8 Å². The molecule has 0 aliphatic heterocycles. The summed E-state index contributed by atoms with van der Waals surface area (Å²) in [4.78, 5) is 10.9. The van der Waals surface area contributed by atoms with E-state index in [-0.39, 0.29) is 12.2 Å². The van der Waals surface area contributed by atoms with Crippen molar-refractivity contribution in [3.8, 4) is 0 Å². The number of hydrogen-bond donors (Lipinski definition) is 2. The molecule has 1 heterocycles. The normalized spacial score (nSPS) is 11.1. The standard InChI is InChI=1S/C7H13N5O3S/c1-3-12(7(8)13)16(14,15)10-6-4-9-11(2)5-6/h4-5,10H,3H2,1-2H3,(H2,8,13). The third-order valence-electron chi connectivity index (χ3n) is 1.77. The average molecular weight is 247 g/mol. The third kappa shape index (κ3) is 2.63. The van der Waals surface area contributed by atoms with Gasteiger partial charge in [-0.25, -0.2) is 9.10 Å². The van der Waals surface area contributed by atoms with Crippen LogP contribution in [0.1, 0.15) is 6.92 Å². The summed E-state index contributed by atoms with van der Waals surface area (Å²) in [5.41, 5.74) is 5.21. The number of primary amides is 1. The average Bonchev–Trinajstić information content (AvgIpc) is 2.49. The second kappa shape index (κ2) is 4.39. The number of aromatic nitrogens is 2. The third-order valence-corrected chi connectivity index (χ3v) is 3.29. The summed E-state index contributed by atoms with van der Waals surface area (Å²) < 4.78 is 27.5. The summed E-state index contributed by atoms with van der Waals surface area (Å²) in [6.45, 7) is 1.47. The van der Waals surface area contributed by atoms with Gasteiger partial charge in [-0.3, -0.25) is 9.40 Å². The summed E-state index contributed by atoms with van der Waals surface area (Å²) >= 11 is 0. The van der Waals surface area contributed by atoms with E-state index in [9.17, 15) is 13.2 Å². The maximum absolute atomic E-state index is 11.7. The number of nitrogens with two attached hydrogens (primary N) is 1. The number of rotatable bonds is 4. The molecule has 9 heteroatoms. The number of hydrogen-bond acceptors (Lipinski definition) is 4. The Morgan fingerprint density at radius 1 is 1.69 bits per heavy atom. The van der Waals surface area contributed by atoms with E-state index in [0.717, 1.165) is 0 Å². The van der Waals surface area contributed by atoms with Crippen molar-refractivity contribution in [1.82, 2.24) is 14.1 Å². The molecule has 16 heavy (non-hydrogen) atoms. The van der Waals surface area contributed by atoms with Gasteiger partial charge in [-0.15, -0.1) is 0 Å². The zero-order valence-corrected chi connectivity index (χ0v) is 9.73. The van der Waals surface area contributed by atoms with E-state index in [1.807, 2.05) is 0 Å². The van der Waals surface area contributed by atoms with Gasteiger partial charge in [0.1, 0.15) is 0 Å². The van der Waals surface area contributed by atoms with Gasteiger partial charge in [0.05, 0.1) is 11.9 Å². The minimum atomic E-state index is -3.96. The molecule has 0 radical (unpaired) electrons. The Balaban J connectivity index is 2.90. The lowest BCUT2D eigenvalue weighted by Crippen LogP contribution is -2.43. The predicted octanol–water partition coefficient (Wildman–Crippen LogP) is -0.523. The predicted molar refractivity (Wildman–Crippen MR) is 57.7 cm³/mol. The lowest BCUT2D eigenvalue weighted by atomic mass is 10.6. The lowest BCUT2D eigenvalue weighted by Gasteiger charge is -2.18. The number of aryl methyl sites for hydroxylation is 1. The van der Waals surface area contributed by atoms with Crippen LogP contribution in [0, 0.1) is 0 Å². The van der Waals surface area contributed by atoms with Crippen LogP contribution >= 0.6 is 0 Å². The Hall–Kier alpha value is -1.77. The molecule has 1 aromatic rings. The molecule has 8 nitrogen and oxygen atoms in total. The van der Waals surface area contributed by atoms with Crippen molar-refractivity contribution in [3.05, 3.63) is 12.4 Å². The minimum absolute atomic E-state index is 0.0368. The van der Waals surface area contributed by atoms with E-state index in [1.54, 1.807) is 7.05 Å². The van der Waals surface area contributed by atoms with Crippen LogP contribution < -0.4 is 10.5 Å². The van der Waals surface area contributed by atoms with E-state index in [4.69, 9.17) is 5.73 Å². The molecule has 90 valence electrons. The second-order valence-electron chi connectivity index (χ2n) is 3.01. The highest BCUT2D eigenvalue weighted by Crippen LogP contribution is 2.09. The van der Waals surface area contributed by atoms with Gasteiger partial charge in [0.25, 0.3) is 0 Å². The Bertz CT molecular complexity index is 480. The van der Waals surface area contributed by atoms with Crippen LogP contribution in [0.2, 0.25) is 0 Å². The van der Waals surface area contributed by atoms with Crippen molar-refractivity contribution in [3.63, 3.8) is 0 Å². The first-order chi connectivity index (χ1) is 7.36. The van der Waals surface area contributed by atoms with Crippen LogP contribution in [0.15, 0.2) is 12.4 Å². The summed E-state index contributed by atoms with van der Waals surface area (Å²) in [5.74, 6) is 0. The van der Waals surface area contributed by atoms with Gasteiger partial charge < -0.3 is 5.73 Å². The molecule has 0 bridgehead atoms. The molecular weight excluding hydrogens is 234 g/mol. The van der Waals surface area contributed by atoms with Crippen LogP contribution in [0.25, 0.3) is 0 Å². The van der Waals surface area contributed by atoms with Crippen molar-refractivity contribution in [1.29, 1.82) is 0 Å². The summed E-state index contributed by atoms with van der Waals surface area (Å²) in [6.07, 6.45) is 2.79. The highest BCUT2D eigenvalue weighted by atomic mass is 32.2. The molecule has 0 fully saturated rings. The summed E-state index contributed by atoms with van der Waals surface area (Å²) in [7, 11) is -2.31. The van der Waals surface area contributed by atoms with Crippen LogP contribution in [-0.2, 0) is 17.3 Å². The van der Waals surface area contributed by atoms with Crippen LogP contribution in [0.5, 0.6) is 0 Å². The van der Waals surface area contributed by atoms with Crippen molar-refractivity contribution in [2.75, 3.05) is 11.3 Å². The van der Waals surface area contributed by atoms with E-state index < -0.39 is 16.2 Å². The number of nitrogens with zero attached hydrogens (tertiary/aromatic N) is 3. The van der Waals surface area contributed by atoms with E-state index in [1.165, 1.54) is 24.0 Å². The van der Waals surface area contributed by atoms with Gasteiger partial charge in [-0.2, -0.15) is 13.5 Å².